The third kappa shape index (κ3) is 4.36. The standard InChI is InChI=1S/C19H21N3O3/c20-10-15-7-4-8-17(9-15)21-18(23)16-11-22(12-16)19(24)25-13-14-5-2-1-3-6-14/h1-9,16H,10-13,20H2,(H,21,23). The zero-order valence-corrected chi connectivity index (χ0v) is 13.9. The fraction of sp³-hybridized carbons (Fsp3) is 0.263. The summed E-state index contributed by atoms with van der Waals surface area (Å²) >= 11 is 0. The summed E-state index contributed by atoms with van der Waals surface area (Å²) in [5.74, 6) is -0.313. The second-order valence-corrected chi connectivity index (χ2v) is 6.04. The number of nitrogens with zero attached hydrogens (tertiary/aromatic N) is 1. The number of likely N-dealkylation sites (tertiary alicyclic amines) is 1. The van der Waals surface area contributed by atoms with E-state index < -0.39 is 6.09 Å². The van der Waals surface area contributed by atoms with E-state index in [2.05, 4.69) is 5.32 Å². The average molecular weight is 339 g/mol. The molecule has 0 bridgehead atoms. The number of anilines is 1. The van der Waals surface area contributed by atoms with Crippen LogP contribution in [0.5, 0.6) is 0 Å². The van der Waals surface area contributed by atoms with Gasteiger partial charge in [-0.25, -0.2) is 4.79 Å². The topological polar surface area (TPSA) is 84.7 Å². The van der Waals surface area contributed by atoms with Crippen molar-refractivity contribution in [2.24, 2.45) is 11.7 Å². The second-order valence-electron chi connectivity index (χ2n) is 6.04. The molecule has 0 spiro atoms. The molecule has 6 heteroatoms. The number of nitrogens with one attached hydrogen (secondary N) is 1. The van der Waals surface area contributed by atoms with E-state index in [1.165, 1.54) is 4.90 Å². The minimum atomic E-state index is -0.391. The summed E-state index contributed by atoms with van der Waals surface area (Å²) in [4.78, 5) is 25.7. The molecule has 1 heterocycles. The summed E-state index contributed by atoms with van der Waals surface area (Å²) in [5, 5.41) is 2.86. The molecule has 3 N–H and O–H groups in total. The van der Waals surface area contributed by atoms with Crippen LogP contribution in [0.25, 0.3) is 0 Å². The molecule has 0 radical (unpaired) electrons. The maximum Gasteiger partial charge on any atom is 0.410 e. The Hall–Kier alpha value is -2.86. The first-order chi connectivity index (χ1) is 12.2. The number of hydrogen-bond acceptors (Lipinski definition) is 4. The molecule has 25 heavy (non-hydrogen) atoms. The van der Waals surface area contributed by atoms with Crippen molar-refractivity contribution in [3.8, 4) is 0 Å². The Kier molecular flexibility index (Phi) is 5.30. The van der Waals surface area contributed by atoms with Gasteiger partial charge in [-0.2, -0.15) is 0 Å². The van der Waals surface area contributed by atoms with Crippen LogP contribution in [0.15, 0.2) is 54.6 Å². The Morgan fingerprint density at radius 2 is 1.80 bits per heavy atom. The van der Waals surface area contributed by atoms with Gasteiger partial charge < -0.3 is 20.7 Å². The molecule has 2 aromatic rings. The Morgan fingerprint density at radius 1 is 1.08 bits per heavy atom. The van der Waals surface area contributed by atoms with Crippen molar-refractivity contribution in [3.05, 3.63) is 65.7 Å². The first kappa shape index (κ1) is 17.0. The van der Waals surface area contributed by atoms with Crippen molar-refractivity contribution in [1.82, 2.24) is 4.90 Å². The molecule has 2 aromatic carbocycles. The molecule has 0 saturated carbocycles. The molecule has 1 aliphatic rings. The van der Waals surface area contributed by atoms with Crippen LogP contribution in [0.1, 0.15) is 11.1 Å². The lowest BCUT2D eigenvalue weighted by Gasteiger charge is -2.37. The Bertz CT molecular complexity index is 743. The van der Waals surface area contributed by atoms with Crippen molar-refractivity contribution < 1.29 is 14.3 Å². The number of benzene rings is 2. The smallest absolute Gasteiger partial charge is 0.410 e. The van der Waals surface area contributed by atoms with Crippen LogP contribution in [0.4, 0.5) is 10.5 Å². The molecule has 0 aromatic heterocycles. The molecule has 0 unspecified atom stereocenters. The number of ether oxygens (including phenoxy) is 1. The zero-order chi connectivity index (χ0) is 17.6. The lowest BCUT2D eigenvalue weighted by atomic mass is 10.00. The SMILES string of the molecule is NCc1cccc(NC(=O)C2CN(C(=O)OCc3ccccc3)C2)c1. The third-order valence-electron chi connectivity index (χ3n) is 4.15. The maximum absolute atomic E-state index is 12.2. The van der Waals surface area contributed by atoms with Gasteiger partial charge in [-0.05, 0) is 23.3 Å². The van der Waals surface area contributed by atoms with Gasteiger partial charge in [0.05, 0.1) is 5.92 Å². The number of nitrogens with two attached hydrogens (primary N) is 1. The summed E-state index contributed by atoms with van der Waals surface area (Å²) in [7, 11) is 0. The van der Waals surface area contributed by atoms with Crippen LogP contribution >= 0.6 is 0 Å². The van der Waals surface area contributed by atoms with Crippen molar-refractivity contribution in [1.29, 1.82) is 0 Å². The van der Waals surface area contributed by atoms with Crippen molar-refractivity contribution in [2.45, 2.75) is 13.2 Å². The van der Waals surface area contributed by atoms with Crippen LogP contribution in [0.3, 0.4) is 0 Å². The summed E-state index contributed by atoms with van der Waals surface area (Å²) in [5.41, 5.74) is 8.21. The van der Waals surface area contributed by atoms with Gasteiger partial charge in [-0.15, -0.1) is 0 Å². The van der Waals surface area contributed by atoms with E-state index in [0.29, 0.717) is 19.6 Å². The molecular formula is C19H21N3O3. The summed E-state index contributed by atoms with van der Waals surface area (Å²) < 4.78 is 5.25. The molecule has 1 aliphatic heterocycles. The van der Waals surface area contributed by atoms with Gasteiger partial charge in [0.15, 0.2) is 0 Å². The molecule has 2 amide bonds. The molecule has 6 nitrogen and oxygen atoms in total. The maximum atomic E-state index is 12.2. The molecular weight excluding hydrogens is 318 g/mol. The molecule has 1 fully saturated rings. The van der Waals surface area contributed by atoms with E-state index in [9.17, 15) is 9.59 Å². The number of carbonyl (C=O) groups is 2. The van der Waals surface area contributed by atoms with E-state index in [-0.39, 0.29) is 18.4 Å². The van der Waals surface area contributed by atoms with Gasteiger partial charge >= 0.3 is 6.09 Å². The van der Waals surface area contributed by atoms with E-state index in [0.717, 1.165) is 16.8 Å². The highest BCUT2D eigenvalue weighted by Gasteiger charge is 2.36. The lowest BCUT2D eigenvalue weighted by Crippen LogP contribution is -2.54. The minimum Gasteiger partial charge on any atom is -0.445 e. The van der Waals surface area contributed by atoms with Crippen LogP contribution in [0, 0.1) is 5.92 Å². The average Bonchev–Trinajstić information content (AvgIpc) is 2.59. The summed E-state index contributed by atoms with van der Waals surface area (Å²) in [6, 6.07) is 16.9. The molecule has 0 aliphatic carbocycles. The monoisotopic (exact) mass is 339 g/mol. The third-order valence-corrected chi connectivity index (χ3v) is 4.15. The van der Waals surface area contributed by atoms with Gasteiger partial charge in [-0.1, -0.05) is 42.5 Å². The van der Waals surface area contributed by atoms with Crippen molar-refractivity contribution >= 4 is 17.7 Å². The number of carbonyl (C=O) groups excluding carboxylic acids is 2. The van der Waals surface area contributed by atoms with Gasteiger partial charge in [0.2, 0.25) is 5.91 Å². The number of hydrogen-bond donors (Lipinski definition) is 2. The summed E-state index contributed by atoms with van der Waals surface area (Å²) in [6.45, 7) is 1.40. The fourth-order valence-corrected chi connectivity index (χ4v) is 2.62. The predicted octanol–water partition coefficient (Wildman–Crippen LogP) is 2.35. The molecule has 130 valence electrons. The van der Waals surface area contributed by atoms with E-state index in [1.807, 2.05) is 54.6 Å². The van der Waals surface area contributed by atoms with Gasteiger partial charge in [0, 0.05) is 25.3 Å². The molecule has 1 saturated heterocycles. The highest BCUT2D eigenvalue weighted by atomic mass is 16.6. The van der Waals surface area contributed by atoms with E-state index >= 15 is 0 Å². The van der Waals surface area contributed by atoms with E-state index in [4.69, 9.17) is 10.5 Å². The number of rotatable bonds is 5. The van der Waals surface area contributed by atoms with Crippen LogP contribution in [-0.2, 0) is 22.7 Å². The zero-order valence-electron chi connectivity index (χ0n) is 13.9. The Balaban J connectivity index is 1.43. The highest BCUT2D eigenvalue weighted by molar-refractivity contribution is 5.94. The van der Waals surface area contributed by atoms with Crippen LogP contribution in [0.2, 0.25) is 0 Å². The molecule has 0 atom stereocenters. The van der Waals surface area contributed by atoms with Crippen molar-refractivity contribution in [2.75, 3.05) is 18.4 Å². The van der Waals surface area contributed by atoms with E-state index in [1.54, 1.807) is 0 Å². The van der Waals surface area contributed by atoms with Gasteiger partial charge in [-0.3, -0.25) is 4.79 Å². The van der Waals surface area contributed by atoms with Crippen LogP contribution < -0.4 is 11.1 Å². The fourth-order valence-electron chi connectivity index (χ4n) is 2.62. The predicted molar refractivity (Wildman–Crippen MR) is 94.7 cm³/mol. The minimum absolute atomic E-state index is 0.0960. The van der Waals surface area contributed by atoms with Gasteiger partial charge in [0.1, 0.15) is 6.61 Å². The quantitative estimate of drug-likeness (QED) is 0.876. The number of amides is 2. The first-order valence-corrected chi connectivity index (χ1v) is 8.21. The van der Waals surface area contributed by atoms with Crippen LogP contribution in [-0.4, -0.2) is 30.0 Å². The summed E-state index contributed by atoms with van der Waals surface area (Å²) in [6.07, 6.45) is -0.391. The largest absolute Gasteiger partial charge is 0.445 e. The normalized spacial score (nSPS) is 13.9. The second kappa shape index (κ2) is 7.81. The van der Waals surface area contributed by atoms with Crippen molar-refractivity contribution in [3.63, 3.8) is 0 Å². The Labute approximate surface area is 146 Å². The van der Waals surface area contributed by atoms with Gasteiger partial charge in [0.25, 0.3) is 0 Å². The molecule has 3 rings (SSSR count). The highest BCUT2D eigenvalue weighted by Crippen LogP contribution is 2.20. The Morgan fingerprint density at radius 3 is 2.52 bits per heavy atom. The first-order valence-electron chi connectivity index (χ1n) is 8.21. The lowest BCUT2D eigenvalue weighted by molar-refractivity contribution is -0.124.